The summed E-state index contributed by atoms with van der Waals surface area (Å²) in [6, 6.07) is 7.57. The summed E-state index contributed by atoms with van der Waals surface area (Å²) >= 11 is 7.29. The number of nitrogens with zero attached hydrogens (tertiary/aromatic N) is 1. The highest BCUT2D eigenvalue weighted by Crippen LogP contribution is 2.50. The second kappa shape index (κ2) is 6.29. The van der Waals surface area contributed by atoms with E-state index in [9.17, 15) is 9.59 Å². The van der Waals surface area contributed by atoms with Gasteiger partial charge in [-0.05, 0) is 30.9 Å². The van der Waals surface area contributed by atoms with Crippen molar-refractivity contribution in [3.05, 3.63) is 45.4 Å². The lowest BCUT2D eigenvalue weighted by Gasteiger charge is -2.03. The minimum absolute atomic E-state index is 0.0971. The maximum atomic E-state index is 12.3. The van der Waals surface area contributed by atoms with Gasteiger partial charge in [0.2, 0.25) is 5.91 Å². The molecule has 2 aromatic rings. The molecule has 0 spiro atoms. The van der Waals surface area contributed by atoms with Gasteiger partial charge in [0, 0.05) is 10.9 Å². The van der Waals surface area contributed by atoms with E-state index in [4.69, 9.17) is 11.6 Å². The number of benzene rings is 1. The van der Waals surface area contributed by atoms with Crippen LogP contribution in [0.5, 0.6) is 0 Å². The summed E-state index contributed by atoms with van der Waals surface area (Å²) in [5.41, 5.74) is 1.55. The van der Waals surface area contributed by atoms with Crippen molar-refractivity contribution in [3.63, 3.8) is 0 Å². The zero-order valence-corrected chi connectivity index (χ0v) is 14.2. The van der Waals surface area contributed by atoms with Crippen LogP contribution in [-0.4, -0.2) is 24.0 Å². The average molecular weight is 351 g/mol. The summed E-state index contributed by atoms with van der Waals surface area (Å²) in [6.45, 7) is 1.71. The second-order valence-electron chi connectivity index (χ2n) is 5.38. The molecule has 3 rings (SSSR count). The number of carbonyl (C=O) groups excluding carboxylic acids is 2. The molecule has 0 saturated heterocycles. The average Bonchev–Trinajstić information content (AvgIpc) is 3.24. The molecule has 0 radical (unpaired) electrons. The molecule has 5 nitrogen and oxygen atoms in total. The number of ether oxygens (including phenoxy) is 1. The van der Waals surface area contributed by atoms with E-state index in [1.165, 1.54) is 7.11 Å². The summed E-state index contributed by atoms with van der Waals surface area (Å²) in [5, 5.41) is 3.88. The highest BCUT2D eigenvalue weighted by atomic mass is 35.5. The molecule has 1 N–H and O–H groups in total. The summed E-state index contributed by atoms with van der Waals surface area (Å²) in [6.07, 6.45) is 0.768. The third kappa shape index (κ3) is 3.23. The zero-order chi connectivity index (χ0) is 16.6. The Morgan fingerprint density at radius 3 is 2.83 bits per heavy atom. The molecule has 1 fully saturated rings. The van der Waals surface area contributed by atoms with E-state index in [-0.39, 0.29) is 17.7 Å². The van der Waals surface area contributed by atoms with Crippen LogP contribution in [-0.2, 0) is 9.53 Å². The molecule has 1 aliphatic carbocycles. The molecule has 0 unspecified atom stereocenters. The third-order valence-corrected chi connectivity index (χ3v) is 5.23. The van der Waals surface area contributed by atoms with Crippen LogP contribution in [0.15, 0.2) is 24.3 Å². The van der Waals surface area contributed by atoms with Gasteiger partial charge in [-0.1, -0.05) is 41.1 Å². The fraction of sp³-hybridized carbons (Fsp3) is 0.312. The molecule has 23 heavy (non-hydrogen) atoms. The number of esters is 1. The maximum Gasteiger partial charge on any atom is 0.350 e. The van der Waals surface area contributed by atoms with Crippen molar-refractivity contribution in [2.45, 2.75) is 19.3 Å². The number of anilines is 1. The summed E-state index contributed by atoms with van der Waals surface area (Å²) in [5.74, 6) is -0.508. The molecule has 120 valence electrons. The summed E-state index contributed by atoms with van der Waals surface area (Å²) in [7, 11) is 1.32. The van der Waals surface area contributed by atoms with Gasteiger partial charge >= 0.3 is 5.97 Å². The Morgan fingerprint density at radius 1 is 1.39 bits per heavy atom. The standard InChI is InChI=1S/C16H15ClN2O3S/c1-8-13(15(21)22-2)23-16(18-8)19-14(20)11-7-10(11)9-5-3-4-6-12(9)17/h3-6,10-11H,7H2,1-2H3,(H,18,19,20)/t10-,11-/m1/s1. The number of rotatable bonds is 4. The molecule has 1 saturated carbocycles. The van der Waals surface area contributed by atoms with Crippen LogP contribution in [0.2, 0.25) is 5.02 Å². The lowest BCUT2D eigenvalue weighted by atomic mass is 10.1. The van der Waals surface area contributed by atoms with Crippen molar-refractivity contribution < 1.29 is 14.3 Å². The first-order valence-corrected chi connectivity index (χ1v) is 8.31. The molecule has 1 amide bonds. The van der Waals surface area contributed by atoms with Gasteiger partial charge in [0.05, 0.1) is 12.8 Å². The summed E-state index contributed by atoms with van der Waals surface area (Å²) in [4.78, 5) is 28.5. The third-order valence-electron chi connectivity index (χ3n) is 3.83. The number of amides is 1. The van der Waals surface area contributed by atoms with E-state index in [1.807, 2.05) is 24.3 Å². The lowest BCUT2D eigenvalue weighted by Crippen LogP contribution is -2.14. The van der Waals surface area contributed by atoms with Crippen LogP contribution in [0.1, 0.15) is 33.3 Å². The van der Waals surface area contributed by atoms with Gasteiger partial charge in [0.1, 0.15) is 4.88 Å². The molecule has 0 aliphatic heterocycles. The zero-order valence-electron chi connectivity index (χ0n) is 12.6. The van der Waals surface area contributed by atoms with Crippen LogP contribution in [0.25, 0.3) is 0 Å². The van der Waals surface area contributed by atoms with Crippen LogP contribution in [0.4, 0.5) is 5.13 Å². The van der Waals surface area contributed by atoms with Crippen molar-refractivity contribution in [1.29, 1.82) is 0 Å². The Balaban J connectivity index is 1.67. The Labute approximate surface area is 142 Å². The Kier molecular flexibility index (Phi) is 4.37. The largest absolute Gasteiger partial charge is 0.465 e. The number of halogens is 1. The van der Waals surface area contributed by atoms with E-state index >= 15 is 0 Å². The van der Waals surface area contributed by atoms with Crippen LogP contribution >= 0.6 is 22.9 Å². The van der Waals surface area contributed by atoms with Crippen LogP contribution in [0, 0.1) is 12.8 Å². The molecule has 1 aliphatic rings. The van der Waals surface area contributed by atoms with Gasteiger partial charge in [-0.2, -0.15) is 0 Å². The van der Waals surface area contributed by atoms with Crippen molar-refractivity contribution in [2.24, 2.45) is 5.92 Å². The molecule has 1 heterocycles. The first-order valence-electron chi connectivity index (χ1n) is 7.12. The first-order chi connectivity index (χ1) is 11.0. The quantitative estimate of drug-likeness (QED) is 0.855. The molecular weight excluding hydrogens is 336 g/mol. The van der Waals surface area contributed by atoms with Gasteiger partial charge in [-0.15, -0.1) is 0 Å². The van der Waals surface area contributed by atoms with Crippen LogP contribution in [0.3, 0.4) is 0 Å². The Hall–Kier alpha value is -1.92. The van der Waals surface area contributed by atoms with Gasteiger partial charge < -0.3 is 10.1 Å². The van der Waals surface area contributed by atoms with E-state index in [0.717, 1.165) is 23.3 Å². The summed E-state index contributed by atoms with van der Waals surface area (Å²) < 4.78 is 4.69. The maximum absolute atomic E-state index is 12.3. The van der Waals surface area contributed by atoms with Gasteiger partial charge in [0.25, 0.3) is 0 Å². The van der Waals surface area contributed by atoms with Crippen molar-refractivity contribution in [3.8, 4) is 0 Å². The van der Waals surface area contributed by atoms with Gasteiger partial charge in [-0.25, -0.2) is 9.78 Å². The number of thiazole rings is 1. The number of nitrogens with one attached hydrogen (secondary N) is 1. The number of aromatic nitrogens is 1. The number of aryl methyl sites for hydroxylation is 1. The fourth-order valence-electron chi connectivity index (χ4n) is 2.53. The molecule has 0 bridgehead atoms. The van der Waals surface area contributed by atoms with E-state index in [0.29, 0.717) is 20.7 Å². The minimum Gasteiger partial charge on any atom is -0.465 e. The second-order valence-corrected chi connectivity index (χ2v) is 6.79. The highest BCUT2D eigenvalue weighted by Gasteiger charge is 2.45. The lowest BCUT2D eigenvalue weighted by molar-refractivity contribution is -0.117. The predicted octanol–water partition coefficient (Wildman–Crippen LogP) is 3.63. The SMILES string of the molecule is COC(=O)c1sc(NC(=O)[C@@H]2C[C@@H]2c2ccccc2Cl)nc1C. The van der Waals surface area contributed by atoms with Gasteiger partial charge in [0.15, 0.2) is 5.13 Å². The van der Waals surface area contributed by atoms with Crippen molar-refractivity contribution in [1.82, 2.24) is 4.98 Å². The molecular formula is C16H15ClN2O3S. The minimum atomic E-state index is -0.444. The van der Waals surface area contributed by atoms with E-state index < -0.39 is 5.97 Å². The van der Waals surface area contributed by atoms with Crippen molar-refractivity contribution >= 4 is 39.9 Å². The number of carbonyl (C=O) groups is 2. The molecule has 2 atom stereocenters. The van der Waals surface area contributed by atoms with E-state index in [1.54, 1.807) is 6.92 Å². The van der Waals surface area contributed by atoms with Crippen LogP contribution < -0.4 is 5.32 Å². The van der Waals surface area contributed by atoms with Crippen molar-refractivity contribution in [2.75, 3.05) is 12.4 Å². The first kappa shape index (κ1) is 16.0. The Morgan fingerprint density at radius 2 is 2.13 bits per heavy atom. The molecule has 1 aromatic carbocycles. The van der Waals surface area contributed by atoms with Gasteiger partial charge in [-0.3, -0.25) is 4.79 Å². The molecule has 7 heteroatoms. The monoisotopic (exact) mass is 350 g/mol. The normalized spacial score (nSPS) is 19.3. The fourth-order valence-corrected chi connectivity index (χ4v) is 3.70. The topological polar surface area (TPSA) is 68.3 Å². The smallest absolute Gasteiger partial charge is 0.350 e. The Bertz CT molecular complexity index is 774. The highest BCUT2D eigenvalue weighted by molar-refractivity contribution is 7.17. The number of hydrogen-bond acceptors (Lipinski definition) is 5. The number of methoxy groups -OCH3 is 1. The molecule has 1 aromatic heterocycles. The van der Waals surface area contributed by atoms with E-state index in [2.05, 4.69) is 15.0 Å². The predicted molar refractivity (Wildman–Crippen MR) is 89.1 cm³/mol. The number of hydrogen-bond donors (Lipinski definition) is 1.